The molecule has 0 N–H and O–H groups in total. The van der Waals surface area contributed by atoms with Crippen LogP contribution in [0.4, 0.5) is 0 Å². The first-order chi connectivity index (χ1) is 23.3. The topological polar surface area (TPSA) is 30.7 Å². The molecule has 1 aromatic heterocycles. The van der Waals surface area contributed by atoms with Gasteiger partial charge < -0.3 is 0 Å². The minimum atomic E-state index is 0.690. The van der Waals surface area contributed by atoms with Crippen molar-refractivity contribution in [2.75, 3.05) is 0 Å². The van der Waals surface area contributed by atoms with Gasteiger partial charge in [-0.3, -0.25) is 0 Å². The van der Waals surface area contributed by atoms with E-state index < -0.39 is 0 Å². The van der Waals surface area contributed by atoms with Gasteiger partial charge in [0.1, 0.15) is 0 Å². The number of benzene rings is 7. The van der Waals surface area contributed by atoms with Gasteiger partial charge in [0, 0.05) is 11.1 Å². The van der Waals surface area contributed by atoms with Gasteiger partial charge in [-0.1, -0.05) is 176 Å². The summed E-state index contributed by atoms with van der Waals surface area (Å²) < 4.78 is 1.94. The van der Waals surface area contributed by atoms with E-state index in [2.05, 4.69) is 158 Å². The second-order valence-corrected chi connectivity index (χ2v) is 11.5. The second-order valence-electron chi connectivity index (χ2n) is 11.5. The van der Waals surface area contributed by atoms with Gasteiger partial charge in [-0.2, -0.15) is 0 Å². The lowest BCUT2D eigenvalue weighted by atomic mass is 9.99. The van der Waals surface area contributed by atoms with Gasteiger partial charge in [0.15, 0.2) is 11.6 Å². The number of nitrogens with zero attached hydrogens (tertiary/aromatic N) is 3. The molecule has 8 aromatic rings. The summed E-state index contributed by atoms with van der Waals surface area (Å²) in [5.74, 6) is 1.49. The van der Waals surface area contributed by atoms with Crippen molar-refractivity contribution in [3.05, 3.63) is 188 Å². The van der Waals surface area contributed by atoms with E-state index in [1.54, 1.807) is 0 Å². The summed E-state index contributed by atoms with van der Waals surface area (Å²) in [6.07, 6.45) is 0. The zero-order chi connectivity index (χ0) is 31.4. The quantitative estimate of drug-likeness (QED) is 0.182. The molecule has 0 aliphatic heterocycles. The SMILES string of the molecule is c1ccc(-c2ccc(-c3ccc(-c4nc(-c5ccc(-c6ccc(-c7ccccc7)cc6)cc5)n(-c5ccccc5)n4)cc3)cc2)cc1. The molecule has 0 bridgehead atoms. The van der Waals surface area contributed by atoms with Gasteiger partial charge in [0.25, 0.3) is 0 Å². The summed E-state index contributed by atoms with van der Waals surface area (Å²) in [5.41, 5.74) is 12.5. The number of hydrogen-bond acceptors (Lipinski definition) is 2. The molecule has 47 heavy (non-hydrogen) atoms. The number of para-hydroxylation sites is 1. The van der Waals surface area contributed by atoms with Crippen molar-refractivity contribution in [1.29, 1.82) is 0 Å². The molecule has 0 aliphatic carbocycles. The average molecular weight is 602 g/mol. The molecule has 8 rings (SSSR count). The standard InChI is InChI=1S/C44H31N3/c1-4-10-32(11-5-1)34-16-20-36(21-17-34)38-24-28-40(29-25-38)43-45-44(47(46-43)42-14-8-3-9-15-42)41-30-26-39(27-31-41)37-22-18-35(19-23-37)33-12-6-2-7-13-33/h1-31H. The average Bonchev–Trinajstić information content (AvgIpc) is 3.62. The third kappa shape index (κ3) is 5.90. The molecule has 1 heterocycles. The molecule has 3 heteroatoms. The van der Waals surface area contributed by atoms with Crippen molar-refractivity contribution < 1.29 is 0 Å². The van der Waals surface area contributed by atoms with E-state index in [4.69, 9.17) is 10.1 Å². The summed E-state index contributed by atoms with van der Waals surface area (Å²) in [6, 6.07) is 65.7. The van der Waals surface area contributed by atoms with Crippen LogP contribution in [-0.4, -0.2) is 14.8 Å². The van der Waals surface area contributed by atoms with Gasteiger partial charge in [0.2, 0.25) is 0 Å². The minimum absolute atomic E-state index is 0.690. The molecule has 0 fully saturated rings. The van der Waals surface area contributed by atoms with Gasteiger partial charge in [-0.15, -0.1) is 5.10 Å². The summed E-state index contributed by atoms with van der Waals surface area (Å²) in [4.78, 5) is 5.07. The summed E-state index contributed by atoms with van der Waals surface area (Å²) in [6.45, 7) is 0. The van der Waals surface area contributed by atoms with Crippen LogP contribution in [0.1, 0.15) is 0 Å². The fourth-order valence-electron chi connectivity index (χ4n) is 5.97. The van der Waals surface area contributed by atoms with Crippen molar-refractivity contribution in [3.63, 3.8) is 0 Å². The molecule has 0 atom stereocenters. The first-order valence-electron chi connectivity index (χ1n) is 15.8. The lowest BCUT2D eigenvalue weighted by molar-refractivity contribution is 0.890. The molecule has 0 amide bonds. The van der Waals surface area contributed by atoms with E-state index in [1.165, 1.54) is 33.4 Å². The Morgan fingerprint density at radius 2 is 0.574 bits per heavy atom. The smallest absolute Gasteiger partial charge is 0.182 e. The summed E-state index contributed by atoms with van der Waals surface area (Å²) >= 11 is 0. The van der Waals surface area contributed by atoms with Crippen LogP contribution in [0.2, 0.25) is 0 Å². The van der Waals surface area contributed by atoms with Gasteiger partial charge in [0.05, 0.1) is 5.69 Å². The van der Waals surface area contributed by atoms with Crippen LogP contribution in [-0.2, 0) is 0 Å². The molecule has 222 valence electrons. The Morgan fingerprint density at radius 1 is 0.277 bits per heavy atom. The molecule has 0 radical (unpaired) electrons. The number of hydrogen-bond donors (Lipinski definition) is 0. The normalized spacial score (nSPS) is 11.0. The van der Waals surface area contributed by atoms with Crippen molar-refractivity contribution >= 4 is 0 Å². The Labute approximate surface area is 275 Å². The van der Waals surface area contributed by atoms with E-state index in [1.807, 2.05) is 35.0 Å². The van der Waals surface area contributed by atoms with E-state index >= 15 is 0 Å². The van der Waals surface area contributed by atoms with Crippen LogP contribution >= 0.6 is 0 Å². The zero-order valence-electron chi connectivity index (χ0n) is 25.7. The second kappa shape index (κ2) is 12.6. The van der Waals surface area contributed by atoms with Crippen molar-refractivity contribution in [2.45, 2.75) is 0 Å². The van der Waals surface area contributed by atoms with Gasteiger partial charge in [-0.05, 0) is 56.6 Å². The maximum absolute atomic E-state index is 5.07. The van der Waals surface area contributed by atoms with E-state index in [0.29, 0.717) is 5.82 Å². The lowest BCUT2D eigenvalue weighted by Gasteiger charge is -2.08. The maximum Gasteiger partial charge on any atom is 0.182 e. The molecule has 0 unspecified atom stereocenters. The molecule has 0 saturated carbocycles. The molecule has 7 aromatic carbocycles. The fourth-order valence-corrected chi connectivity index (χ4v) is 5.97. The van der Waals surface area contributed by atoms with Crippen molar-refractivity contribution in [2.24, 2.45) is 0 Å². The van der Waals surface area contributed by atoms with Crippen LogP contribution in [0.25, 0.3) is 73.0 Å². The first kappa shape index (κ1) is 28.2. The number of aromatic nitrogens is 3. The van der Waals surface area contributed by atoms with E-state index in [0.717, 1.165) is 33.8 Å². The van der Waals surface area contributed by atoms with Gasteiger partial charge in [-0.25, -0.2) is 9.67 Å². The molecule has 0 saturated heterocycles. The van der Waals surface area contributed by atoms with Crippen LogP contribution in [0.15, 0.2) is 188 Å². The van der Waals surface area contributed by atoms with Crippen molar-refractivity contribution in [1.82, 2.24) is 14.8 Å². The fraction of sp³-hybridized carbons (Fsp3) is 0. The molecule has 3 nitrogen and oxygen atoms in total. The van der Waals surface area contributed by atoms with E-state index in [9.17, 15) is 0 Å². The largest absolute Gasteiger partial charge is 0.213 e. The zero-order valence-corrected chi connectivity index (χ0v) is 25.7. The Morgan fingerprint density at radius 3 is 0.957 bits per heavy atom. The molecular weight excluding hydrogens is 571 g/mol. The molecule has 0 spiro atoms. The third-order valence-electron chi connectivity index (χ3n) is 8.54. The minimum Gasteiger partial charge on any atom is -0.213 e. The Balaban J connectivity index is 1.08. The van der Waals surface area contributed by atoms with Crippen LogP contribution in [0.3, 0.4) is 0 Å². The van der Waals surface area contributed by atoms with Crippen LogP contribution in [0.5, 0.6) is 0 Å². The Hall–Kier alpha value is -6.32. The highest BCUT2D eigenvalue weighted by Gasteiger charge is 2.16. The Bertz CT molecular complexity index is 2220. The summed E-state index contributed by atoms with van der Waals surface area (Å²) in [5, 5.41) is 5.00. The highest BCUT2D eigenvalue weighted by molar-refractivity contribution is 5.75. The Kier molecular flexibility index (Phi) is 7.54. The van der Waals surface area contributed by atoms with Gasteiger partial charge >= 0.3 is 0 Å². The van der Waals surface area contributed by atoms with Crippen LogP contribution < -0.4 is 0 Å². The monoisotopic (exact) mass is 601 g/mol. The van der Waals surface area contributed by atoms with E-state index in [-0.39, 0.29) is 0 Å². The highest BCUT2D eigenvalue weighted by Crippen LogP contribution is 2.31. The maximum atomic E-state index is 5.07. The first-order valence-corrected chi connectivity index (χ1v) is 15.8. The lowest BCUT2D eigenvalue weighted by Crippen LogP contribution is -1.99. The van der Waals surface area contributed by atoms with Crippen molar-refractivity contribution in [3.8, 4) is 73.0 Å². The molecular formula is C44H31N3. The highest BCUT2D eigenvalue weighted by atomic mass is 15.4. The van der Waals surface area contributed by atoms with Crippen LogP contribution in [0, 0.1) is 0 Å². The molecule has 0 aliphatic rings. The predicted molar refractivity (Wildman–Crippen MR) is 194 cm³/mol. The summed E-state index contributed by atoms with van der Waals surface area (Å²) in [7, 11) is 0. The predicted octanol–water partition coefficient (Wildman–Crippen LogP) is 11.3. The third-order valence-corrected chi connectivity index (χ3v) is 8.54. The number of rotatable bonds is 7.